The number of carbonyl (C=O) groups is 1. The summed E-state index contributed by atoms with van der Waals surface area (Å²) in [5.74, 6) is -0.271. The molecule has 3 fully saturated rings. The maximum atomic E-state index is 13.3. The fourth-order valence-corrected chi connectivity index (χ4v) is 11.1. The summed E-state index contributed by atoms with van der Waals surface area (Å²) < 4.78 is 34.3. The highest BCUT2D eigenvalue weighted by Crippen LogP contribution is 2.33. The Morgan fingerprint density at radius 1 is 0.438 bits per heavy atom. The van der Waals surface area contributed by atoms with Crippen molar-refractivity contribution in [2.24, 2.45) is 0 Å². The van der Waals surface area contributed by atoms with Gasteiger partial charge >= 0.3 is 0 Å². The largest absolute Gasteiger partial charge is 0.394 e. The third-order valence-electron chi connectivity index (χ3n) is 16.3. The van der Waals surface area contributed by atoms with Crippen molar-refractivity contribution < 1.29 is 89.4 Å². The predicted octanol–water partition coefficient (Wildman–Crippen LogP) is 6.55. The summed E-state index contributed by atoms with van der Waals surface area (Å²) in [5.41, 5.74) is 0. The number of nitrogens with one attached hydrogen (secondary N) is 1. The van der Waals surface area contributed by atoms with Crippen molar-refractivity contribution in [2.75, 3.05) is 26.4 Å². The number of hydrogen-bond acceptors (Lipinski definition) is 18. The first-order chi connectivity index (χ1) is 38.8. The Hall–Kier alpha value is -1.47. The van der Waals surface area contributed by atoms with Crippen LogP contribution in [-0.4, -0.2) is 193 Å². The Kier molecular flexibility index (Phi) is 40.9. The number of aliphatic hydroxyl groups excluding tert-OH is 11. The van der Waals surface area contributed by atoms with Crippen molar-refractivity contribution in [3.63, 3.8) is 0 Å². The topological polar surface area (TPSA) is 307 Å². The van der Waals surface area contributed by atoms with Crippen LogP contribution < -0.4 is 5.32 Å². The molecule has 3 aliphatic heterocycles. The Morgan fingerprint density at radius 3 is 1.18 bits per heavy atom. The number of hydrogen-bond donors (Lipinski definition) is 12. The van der Waals surface area contributed by atoms with Gasteiger partial charge in [0.2, 0.25) is 5.91 Å². The molecule has 19 nitrogen and oxygen atoms in total. The van der Waals surface area contributed by atoms with Gasteiger partial charge in [-0.1, -0.05) is 225 Å². The molecule has 0 spiro atoms. The van der Waals surface area contributed by atoms with E-state index in [1.165, 1.54) is 167 Å². The number of amides is 1. The van der Waals surface area contributed by atoms with Crippen LogP contribution in [0.3, 0.4) is 0 Å². The number of carbonyl (C=O) groups excluding carboxylic acids is 1. The van der Waals surface area contributed by atoms with Gasteiger partial charge < -0.3 is 89.9 Å². The molecule has 0 bridgehead atoms. The lowest BCUT2D eigenvalue weighted by molar-refractivity contribution is -0.379. The molecular weight excluding hydrogens is 1030 g/mol. The van der Waals surface area contributed by atoms with Crippen LogP contribution in [0.2, 0.25) is 0 Å². The van der Waals surface area contributed by atoms with E-state index in [-0.39, 0.29) is 18.9 Å². The first-order valence-corrected chi connectivity index (χ1v) is 31.9. The second-order valence-electron chi connectivity index (χ2n) is 23.2. The maximum absolute atomic E-state index is 13.3. The van der Waals surface area contributed by atoms with Gasteiger partial charge in [-0.05, 0) is 19.3 Å². The zero-order valence-electron chi connectivity index (χ0n) is 49.3. The third-order valence-corrected chi connectivity index (χ3v) is 16.3. The molecule has 0 saturated carbocycles. The average molecular weight is 1150 g/mol. The normalized spacial score (nSPS) is 30.0. The summed E-state index contributed by atoms with van der Waals surface area (Å²) in [6.07, 6.45) is 19.0. The molecule has 472 valence electrons. The zero-order valence-corrected chi connectivity index (χ0v) is 49.3. The van der Waals surface area contributed by atoms with Gasteiger partial charge in [-0.2, -0.15) is 0 Å². The van der Waals surface area contributed by atoms with Gasteiger partial charge in [0.25, 0.3) is 0 Å². The molecule has 0 aromatic rings. The van der Waals surface area contributed by atoms with Crippen molar-refractivity contribution >= 4 is 5.91 Å². The third kappa shape index (κ3) is 28.2. The average Bonchev–Trinajstić information content (AvgIpc) is 3.51. The van der Waals surface area contributed by atoms with Crippen molar-refractivity contribution in [3.8, 4) is 0 Å². The molecule has 80 heavy (non-hydrogen) atoms. The van der Waals surface area contributed by atoms with Crippen LogP contribution in [0.4, 0.5) is 0 Å². The zero-order chi connectivity index (χ0) is 58.3. The van der Waals surface area contributed by atoms with E-state index in [9.17, 15) is 61.0 Å². The summed E-state index contributed by atoms with van der Waals surface area (Å²) in [7, 11) is 0. The quantitative estimate of drug-likeness (QED) is 0.0227. The van der Waals surface area contributed by atoms with E-state index in [1.54, 1.807) is 6.08 Å². The molecule has 3 saturated heterocycles. The van der Waals surface area contributed by atoms with Crippen LogP contribution in [0, 0.1) is 0 Å². The van der Waals surface area contributed by atoms with E-state index >= 15 is 0 Å². The fraction of sp³-hybridized carbons (Fsp3) is 0.951. The molecule has 0 aliphatic carbocycles. The molecule has 17 unspecified atom stereocenters. The molecule has 3 rings (SSSR count). The highest BCUT2D eigenvalue weighted by Gasteiger charge is 2.53. The second-order valence-corrected chi connectivity index (χ2v) is 23.2. The van der Waals surface area contributed by atoms with Gasteiger partial charge in [0.15, 0.2) is 18.9 Å². The maximum Gasteiger partial charge on any atom is 0.220 e. The monoisotopic (exact) mass is 1150 g/mol. The number of allylic oxidation sites excluding steroid dienone is 1. The van der Waals surface area contributed by atoms with Crippen molar-refractivity contribution in [2.45, 2.75) is 343 Å². The summed E-state index contributed by atoms with van der Waals surface area (Å²) in [6, 6.07) is -0.967. The van der Waals surface area contributed by atoms with Gasteiger partial charge in [0, 0.05) is 6.42 Å². The van der Waals surface area contributed by atoms with E-state index in [0.717, 1.165) is 44.9 Å². The SMILES string of the molecule is CCCCCCCCCCCCCCC/C=C/C(O)C(COC1OC(CO)C(OC2OC(CO)C(OC3OC(CO)C(O)C(O)C3O)C(O)C2O)C(O)C1O)NC(=O)CCCCCCCCCCCCCCCCCCCCCC. The summed E-state index contributed by atoms with van der Waals surface area (Å²) >= 11 is 0. The van der Waals surface area contributed by atoms with E-state index in [1.807, 2.05) is 6.08 Å². The number of ether oxygens (including phenoxy) is 6. The lowest BCUT2D eigenvalue weighted by Crippen LogP contribution is -2.66. The van der Waals surface area contributed by atoms with E-state index in [2.05, 4.69) is 19.2 Å². The minimum Gasteiger partial charge on any atom is -0.394 e. The Bertz CT molecular complexity index is 1510. The van der Waals surface area contributed by atoms with Crippen LogP contribution in [-0.2, 0) is 33.2 Å². The number of unbranched alkanes of at least 4 members (excludes halogenated alkanes) is 32. The van der Waals surface area contributed by atoms with E-state index in [4.69, 9.17) is 28.4 Å². The van der Waals surface area contributed by atoms with Crippen LogP contribution in [0.15, 0.2) is 12.2 Å². The summed E-state index contributed by atoms with van der Waals surface area (Å²) in [5, 5.41) is 120. The van der Waals surface area contributed by atoms with Crippen LogP contribution in [0.1, 0.15) is 239 Å². The lowest BCUT2D eigenvalue weighted by Gasteiger charge is -2.48. The van der Waals surface area contributed by atoms with Crippen LogP contribution in [0.5, 0.6) is 0 Å². The Balaban J connectivity index is 1.47. The first kappa shape index (κ1) is 72.8. The van der Waals surface area contributed by atoms with E-state index < -0.39 is 124 Å². The summed E-state index contributed by atoms with van der Waals surface area (Å²) in [6.45, 7) is 1.75. The van der Waals surface area contributed by atoms with Crippen LogP contribution in [0.25, 0.3) is 0 Å². The molecule has 17 atom stereocenters. The number of rotatable bonds is 48. The molecule has 0 aromatic carbocycles. The van der Waals surface area contributed by atoms with Crippen LogP contribution >= 0.6 is 0 Å². The van der Waals surface area contributed by atoms with Gasteiger partial charge in [-0.3, -0.25) is 4.79 Å². The molecule has 12 N–H and O–H groups in total. The molecule has 3 heterocycles. The molecular formula is C61H115NO18. The fourth-order valence-electron chi connectivity index (χ4n) is 11.1. The number of aliphatic hydroxyl groups is 11. The minimum absolute atomic E-state index is 0.249. The molecule has 3 aliphatic rings. The van der Waals surface area contributed by atoms with Gasteiger partial charge in [-0.25, -0.2) is 0 Å². The van der Waals surface area contributed by atoms with Crippen molar-refractivity contribution in [1.29, 1.82) is 0 Å². The van der Waals surface area contributed by atoms with Gasteiger partial charge in [0.05, 0.1) is 38.6 Å². The summed E-state index contributed by atoms with van der Waals surface area (Å²) in [4.78, 5) is 13.3. The Labute approximate surface area is 480 Å². The van der Waals surface area contributed by atoms with Gasteiger partial charge in [0.1, 0.15) is 73.2 Å². The first-order valence-electron chi connectivity index (χ1n) is 31.9. The lowest BCUT2D eigenvalue weighted by atomic mass is 9.96. The van der Waals surface area contributed by atoms with E-state index in [0.29, 0.717) is 6.42 Å². The Morgan fingerprint density at radius 2 is 0.775 bits per heavy atom. The standard InChI is InChI=1S/C61H115NO18/c1-3-5-7-9-11-13-15-17-19-20-21-22-23-25-27-29-31-33-35-37-39-49(67)62-44(45(66)38-36-34-32-30-28-26-24-18-16-14-12-10-8-6-4-2)43-75-59-55(73)52(70)57(47(41-64)77-59)80-61-56(74)53(71)58(48(42-65)78-61)79-60-54(72)51(69)50(68)46(40-63)76-60/h36,38,44-48,50-61,63-66,68-74H,3-35,37,39-43H2,1-2H3,(H,62,67)/b38-36+. The predicted molar refractivity (Wildman–Crippen MR) is 305 cm³/mol. The highest BCUT2D eigenvalue weighted by atomic mass is 16.8. The minimum atomic E-state index is -1.97. The second kappa shape index (κ2) is 44.9. The van der Waals surface area contributed by atoms with Crippen molar-refractivity contribution in [1.82, 2.24) is 5.32 Å². The van der Waals surface area contributed by atoms with Gasteiger partial charge in [-0.15, -0.1) is 0 Å². The highest BCUT2D eigenvalue weighted by molar-refractivity contribution is 5.76. The molecule has 19 heteroatoms. The molecule has 0 aromatic heterocycles. The molecule has 0 radical (unpaired) electrons. The molecule has 1 amide bonds. The van der Waals surface area contributed by atoms with Crippen molar-refractivity contribution in [3.05, 3.63) is 12.2 Å². The smallest absolute Gasteiger partial charge is 0.220 e.